The highest BCUT2D eigenvalue weighted by atomic mass is 31.2. The SMILES string of the molecule is C[P+](c1ccccc1)(c1ccccc1)C(c1ccccc1)[P+](C)(c1ccccc1)c1ccccc1. The first-order valence-electron chi connectivity index (χ1n) is 12.1. The first-order chi connectivity index (χ1) is 17.1. The van der Waals surface area contributed by atoms with E-state index in [1.165, 1.54) is 26.8 Å². The number of benzene rings is 5. The molecule has 0 spiro atoms. The molecule has 0 aromatic heterocycles. The fraction of sp³-hybridized carbons (Fsp3) is 0.0909. The molecule has 0 saturated carbocycles. The van der Waals surface area contributed by atoms with Crippen LogP contribution in [0.5, 0.6) is 0 Å². The van der Waals surface area contributed by atoms with Crippen molar-refractivity contribution in [1.29, 1.82) is 0 Å². The van der Waals surface area contributed by atoms with Gasteiger partial charge in [-0.05, 0) is 48.5 Å². The Morgan fingerprint density at radius 3 is 0.829 bits per heavy atom. The minimum Gasteiger partial charge on any atom is -0.0622 e. The summed E-state index contributed by atoms with van der Waals surface area (Å²) in [7, 11) is -3.82. The quantitative estimate of drug-likeness (QED) is 0.210. The third kappa shape index (κ3) is 4.38. The molecule has 2 heteroatoms. The summed E-state index contributed by atoms with van der Waals surface area (Å²) in [5.74, 6) is 0. The fourth-order valence-corrected chi connectivity index (χ4v) is 17.2. The molecule has 0 N–H and O–H groups in total. The second-order valence-corrected chi connectivity index (χ2v) is 17.1. The lowest BCUT2D eigenvalue weighted by molar-refractivity contribution is 1.31. The van der Waals surface area contributed by atoms with Crippen molar-refractivity contribution in [2.45, 2.75) is 5.40 Å². The van der Waals surface area contributed by atoms with Crippen LogP contribution in [0.3, 0.4) is 0 Å². The van der Waals surface area contributed by atoms with Gasteiger partial charge in [-0.2, -0.15) is 0 Å². The predicted molar refractivity (Wildman–Crippen MR) is 159 cm³/mol. The molecule has 0 bridgehead atoms. The minimum absolute atomic E-state index is 0.339. The molecule has 0 nitrogen and oxygen atoms in total. The molecule has 0 heterocycles. The molecule has 5 aromatic rings. The third-order valence-corrected chi connectivity index (χ3v) is 18.1. The lowest BCUT2D eigenvalue weighted by Gasteiger charge is -2.38. The zero-order chi connectivity index (χ0) is 24.1. The Hall–Kier alpha value is -3.04. The van der Waals surface area contributed by atoms with Crippen molar-refractivity contribution in [2.75, 3.05) is 13.3 Å². The second kappa shape index (κ2) is 10.3. The van der Waals surface area contributed by atoms with Crippen molar-refractivity contribution in [3.8, 4) is 0 Å². The molecular weight excluding hydrogens is 458 g/mol. The largest absolute Gasteiger partial charge is 0.211 e. The highest BCUT2D eigenvalue weighted by Gasteiger charge is 2.62. The maximum absolute atomic E-state index is 2.57. The third-order valence-electron chi connectivity index (χ3n) is 7.25. The first-order valence-corrected chi connectivity index (χ1v) is 16.8. The van der Waals surface area contributed by atoms with Crippen LogP contribution in [-0.4, -0.2) is 13.3 Å². The molecule has 172 valence electrons. The van der Waals surface area contributed by atoms with E-state index in [9.17, 15) is 0 Å². The van der Waals surface area contributed by atoms with E-state index in [2.05, 4.69) is 165 Å². The van der Waals surface area contributed by atoms with Crippen molar-refractivity contribution >= 4 is 35.7 Å². The molecule has 5 rings (SSSR count). The standard InChI is InChI=1S/C33H32P2/c1-34(29-20-10-4-11-21-29,30-22-12-5-13-23-30)33(28-18-8-3-9-19-28)35(2,31-24-14-6-15-25-31)32-26-16-7-17-27-32/h3-27,33H,1-2H3/q+2. The van der Waals surface area contributed by atoms with E-state index in [1.54, 1.807) is 0 Å². The van der Waals surface area contributed by atoms with Crippen molar-refractivity contribution < 1.29 is 0 Å². The lowest BCUT2D eigenvalue weighted by Crippen LogP contribution is -2.34. The smallest absolute Gasteiger partial charge is 0.0622 e. The molecule has 0 aliphatic carbocycles. The van der Waals surface area contributed by atoms with Crippen molar-refractivity contribution in [2.24, 2.45) is 0 Å². The maximum Gasteiger partial charge on any atom is 0.211 e. The van der Waals surface area contributed by atoms with E-state index >= 15 is 0 Å². The number of rotatable bonds is 7. The summed E-state index contributed by atoms with van der Waals surface area (Å²) in [5.41, 5.74) is 1.43. The molecule has 0 atom stereocenters. The monoisotopic (exact) mass is 490 g/mol. The lowest BCUT2D eigenvalue weighted by atomic mass is 10.2. The van der Waals surface area contributed by atoms with Gasteiger partial charge in [0.2, 0.25) is 5.40 Å². The van der Waals surface area contributed by atoms with Gasteiger partial charge in [0.1, 0.15) is 35.7 Å². The Kier molecular flexibility index (Phi) is 6.97. The molecule has 0 aliphatic rings. The van der Waals surface area contributed by atoms with Crippen LogP contribution in [0.1, 0.15) is 11.0 Å². The molecule has 0 unspecified atom stereocenters. The minimum atomic E-state index is -1.91. The summed E-state index contributed by atoms with van der Waals surface area (Å²) in [5, 5.41) is 6.17. The summed E-state index contributed by atoms with van der Waals surface area (Å²) < 4.78 is 0. The maximum atomic E-state index is 2.57. The fourth-order valence-electron chi connectivity index (χ4n) is 5.50. The average molecular weight is 491 g/mol. The summed E-state index contributed by atoms with van der Waals surface area (Å²) in [6.45, 7) is 5.14. The zero-order valence-electron chi connectivity index (χ0n) is 20.4. The molecule has 0 saturated heterocycles. The number of hydrogen-bond donors (Lipinski definition) is 0. The van der Waals surface area contributed by atoms with Gasteiger partial charge in [0.15, 0.2) is 0 Å². The Morgan fingerprint density at radius 2 is 0.571 bits per heavy atom. The van der Waals surface area contributed by atoms with Crippen LogP contribution >= 0.6 is 14.5 Å². The van der Waals surface area contributed by atoms with Gasteiger partial charge >= 0.3 is 0 Å². The van der Waals surface area contributed by atoms with Crippen LogP contribution in [0.15, 0.2) is 152 Å². The van der Waals surface area contributed by atoms with Gasteiger partial charge in [-0.15, -0.1) is 0 Å². The molecular formula is C33H32P2+2. The normalized spacial score (nSPS) is 12.0. The zero-order valence-corrected chi connectivity index (χ0v) is 22.2. The van der Waals surface area contributed by atoms with Gasteiger partial charge in [0.05, 0.1) is 13.3 Å². The Bertz CT molecular complexity index is 1170. The Morgan fingerprint density at radius 1 is 0.343 bits per heavy atom. The van der Waals surface area contributed by atoms with Gasteiger partial charge in [-0.1, -0.05) is 103 Å². The predicted octanol–water partition coefficient (Wildman–Crippen LogP) is 7.28. The van der Waals surface area contributed by atoms with E-state index < -0.39 is 14.5 Å². The summed E-state index contributed by atoms with van der Waals surface area (Å²) in [6, 6.07) is 56.4. The van der Waals surface area contributed by atoms with E-state index in [4.69, 9.17) is 0 Å². The first kappa shape index (κ1) is 23.7. The van der Waals surface area contributed by atoms with Gasteiger partial charge in [0, 0.05) is 5.56 Å². The van der Waals surface area contributed by atoms with Gasteiger partial charge in [-0.3, -0.25) is 0 Å². The molecule has 35 heavy (non-hydrogen) atoms. The van der Waals surface area contributed by atoms with Crippen molar-refractivity contribution in [3.05, 3.63) is 157 Å². The Balaban J connectivity index is 1.90. The Labute approximate surface area is 211 Å². The highest BCUT2D eigenvalue weighted by Crippen LogP contribution is 2.82. The molecule has 0 amide bonds. The van der Waals surface area contributed by atoms with Crippen LogP contribution in [0.2, 0.25) is 0 Å². The van der Waals surface area contributed by atoms with Crippen LogP contribution in [-0.2, 0) is 0 Å². The van der Waals surface area contributed by atoms with Crippen LogP contribution in [0.4, 0.5) is 0 Å². The van der Waals surface area contributed by atoms with Crippen LogP contribution in [0, 0.1) is 0 Å². The second-order valence-electron chi connectivity index (χ2n) is 9.28. The van der Waals surface area contributed by atoms with E-state index in [0.29, 0.717) is 5.40 Å². The van der Waals surface area contributed by atoms with E-state index in [-0.39, 0.29) is 0 Å². The van der Waals surface area contributed by atoms with Crippen LogP contribution in [0.25, 0.3) is 0 Å². The van der Waals surface area contributed by atoms with Crippen molar-refractivity contribution in [1.82, 2.24) is 0 Å². The molecule has 0 fully saturated rings. The topological polar surface area (TPSA) is 0 Å². The average Bonchev–Trinajstić information content (AvgIpc) is 2.95. The molecule has 0 aliphatic heterocycles. The van der Waals surface area contributed by atoms with Crippen molar-refractivity contribution in [3.63, 3.8) is 0 Å². The van der Waals surface area contributed by atoms with E-state index in [0.717, 1.165) is 0 Å². The highest BCUT2D eigenvalue weighted by molar-refractivity contribution is 8.04. The molecule has 0 radical (unpaired) electrons. The number of hydrogen-bond acceptors (Lipinski definition) is 0. The summed E-state index contributed by atoms with van der Waals surface area (Å²) >= 11 is 0. The summed E-state index contributed by atoms with van der Waals surface area (Å²) in [4.78, 5) is 0. The van der Waals surface area contributed by atoms with Crippen LogP contribution < -0.4 is 21.2 Å². The van der Waals surface area contributed by atoms with Gasteiger partial charge in [0.25, 0.3) is 0 Å². The van der Waals surface area contributed by atoms with Gasteiger partial charge in [-0.25, -0.2) is 0 Å². The molecule has 5 aromatic carbocycles. The van der Waals surface area contributed by atoms with Gasteiger partial charge < -0.3 is 0 Å². The summed E-state index contributed by atoms with van der Waals surface area (Å²) in [6.07, 6.45) is 0. The van der Waals surface area contributed by atoms with E-state index in [1.807, 2.05) is 0 Å².